The maximum atomic E-state index is 11.2. The Morgan fingerprint density at radius 3 is 2.93 bits per heavy atom. The third-order valence-electron chi connectivity index (χ3n) is 2.70. The number of primary amides is 1. The Morgan fingerprint density at radius 2 is 2.47 bits per heavy atom. The van der Waals surface area contributed by atoms with Gasteiger partial charge in [-0.2, -0.15) is 0 Å². The number of nitrogens with two attached hydrogens (primary N) is 1. The first-order valence-electron chi connectivity index (χ1n) is 4.73. The molecule has 7 nitrogen and oxygen atoms in total. The topological polar surface area (TPSA) is 113 Å². The summed E-state index contributed by atoms with van der Waals surface area (Å²) >= 11 is 0. The summed E-state index contributed by atoms with van der Waals surface area (Å²) in [5.41, 5.74) is 12.7. The zero-order chi connectivity index (χ0) is 11.3. The van der Waals surface area contributed by atoms with E-state index in [9.17, 15) is 4.79 Å². The average molecular weight is 213 g/mol. The molecule has 1 amide bonds. The van der Waals surface area contributed by atoms with Crippen molar-refractivity contribution in [2.24, 2.45) is 10.8 Å². The van der Waals surface area contributed by atoms with Crippen molar-refractivity contribution in [1.82, 2.24) is 5.32 Å². The first kappa shape index (κ1) is 11.8. The second-order valence-corrected chi connectivity index (χ2v) is 3.59. The van der Waals surface area contributed by atoms with E-state index in [0.29, 0.717) is 25.9 Å². The molecule has 0 spiro atoms. The highest BCUT2D eigenvalue weighted by Gasteiger charge is 2.48. The van der Waals surface area contributed by atoms with E-state index in [0.717, 1.165) is 0 Å². The first-order chi connectivity index (χ1) is 7.14. The number of hydrogen-bond acceptors (Lipinski definition) is 4. The summed E-state index contributed by atoms with van der Waals surface area (Å²) in [6.45, 7) is 0.757. The van der Waals surface area contributed by atoms with Crippen LogP contribution in [0.1, 0.15) is 12.8 Å². The lowest BCUT2D eigenvalue weighted by Crippen LogP contribution is -2.65. The van der Waals surface area contributed by atoms with Gasteiger partial charge in [0.15, 0.2) is 0 Å². The maximum Gasteiger partial charge on any atom is 0.237 e. The van der Waals surface area contributed by atoms with Gasteiger partial charge < -0.3 is 15.8 Å². The van der Waals surface area contributed by atoms with Crippen molar-refractivity contribution in [3.8, 4) is 0 Å². The predicted octanol–water partition coefficient (Wildman–Crippen LogP) is -0.0808. The second-order valence-electron chi connectivity index (χ2n) is 3.59. The van der Waals surface area contributed by atoms with Crippen molar-refractivity contribution in [2.75, 3.05) is 20.2 Å². The van der Waals surface area contributed by atoms with E-state index in [1.807, 2.05) is 0 Å². The molecular weight excluding hydrogens is 198 g/mol. The fraction of sp³-hybridized carbons (Fsp3) is 0.875. The molecule has 1 rings (SSSR count). The summed E-state index contributed by atoms with van der Waals surface area (Å²) in [6, 6.07) is 0. The summed E-state index contributed by atoms with van der Waals surface area (Å²) in [7, 11) is 1.61. The van der Waals surface area contributed by atoms with Crippen LogP contribution in [0.25, 0.3) is 10.4 Å². The van der Waals surface area contributed by atoms with E-state index in [1.54, 1.807) is 7.11 Å². The molecule has 0 aromatic carbocycles. The second kappa shape index (κ2) is 4.97. The SMILES string of the molecule is COC1CC(NCCN=[N+]=[N-])(C(N)=O)C1. The smallest absolute Gasteiger partial charge is 0.237 e. The Morgan fingerprint density at radius 1 is 1.80 bits per heavy atom. The van der Waals surface area contributed by atoms with Crippen LogP contribution in [0.15, 0.2) is 5.11 Å². The Balaban J connectivity index is 2.40. The summed E-state index contributed by atoms with van der Waals surface area (Å²) in [5.74, 6) is -0.378. The molecule has 0 saturated heterocycles. The zero-order valence-electron chi connectivity index (χ0n) is 8.64. The van der Waals surface area contributed by atoms with E-state index in [4.69, 9.17) is 16.0 Å². The molecule has 3 N–H and O–H groups in total. The van der Waals surface area contributed by atoms with Gasteiger partial charge in [0, 0.05) is 38.0 Å². The molecule has 0 unspecified atom stereocenters. The van der Waals surface area contributed by atoms with Crippen LogP contribution in [0.5, 0.6) is 0 Å². The molecule has 0 radical (unpaired) electrons. The molecule has 1 aliphatic carbocycles. The third kappa shape index (κ3) is 2.59. The van der Waals surface area contributed by atoms with Gasteiger partial charge >= 0.3 is 0 Å². The Hall–Kier alpha value is -1.30. The molecule has 84 valence electrons. The fourth-order valence-corrected chi connectivity index (χ4v) is 1.71. The van der Waals surface area contributed by atoms with Crippen molar-refractivity contribution in [1.29, 1.82) is 0 Å². The molecule has 0 aromatic heterocycles. The number of nitrogens with one attached hydrogen (secondary N) is 1. The number of nitrogens with zero attached hydrogens (tertiary/aromatic N) is 3. The summed E-state index contributed by atoms with van der Waals surface area (Å²) in [6.07, 6.45) is 1.24. The highest BCUT2D eigenvalue weighted by Crippen LogP contribution is 2.33. The van der Waals surface area contributed by atoms with Crippen LogP contribution in [0.3, 0.4) is 0 Å². The average Bonchev–Trinajstić information content (AvgIpc) is 2.15. The predicted molar refractivity (Wildman–Crippen MR) is 54.0 cm³/mol. The Kier molecular flexibility index (Phi) is 3.90. The molecule has 1 aliphatic rings. The monoisotopic (exact) mass is 213 g/mol. The van der Waals surface area contributed by atoms with Gasteiger partial charge in [0.2, 0.25) is 5.91 Å². The van der Waals surface area contributed by atoms with Crippen LogP contribution in [-0.2, 0) is 9.53 Å². The third-order valence-corrected chi connectivity index (χ3v) is 2.70. The lowest BCUT2D eigenvalue weighted by molar-refractivity contribution is -0.135. The van der Waals surface area contributed by atoms with Gasteiger partial charge in [-0.25, -0.2) is 0 Å². The largest absolute Gasteiger partial charge is 0.381 e. The maximum absolute atomic E-state index is 11.2. The summed E-state index contributed by atoms with van der Waals surface area (Å²) in [5, 5.41) is 6.38. The highest BCUT2D eigenvalue weighted by atomic mass is 16.5. The molecule has 0 bridgehead atoms. The molecule has 0 aromatic rings. The number of rotatable bonds is 6. The number of azide groups is 1. The van der Waals surface area contributed by atoms with Crippen molar-refractivity contribution >= 4 is 5.91 Å². The van der Waals surface area contributed by atoms with E-state index in [2.05, 4.69) is 15.3 Å². The Bertz CT molecular complexity index is 281. The van der Waals surface area contributed by atoms with E-state index >= 15 is 0 Å². The zero-order valence-corrected chi connectivity index (χ0v) is 8.64. The van der Waals surface area contributed by atoms with Crippen LogP contribution < -0.4 is 11.1 Å². The van der Waals surface area contributed by atoms with E-state index in [-0.39, 0.29) is 12.0 Å². The molecule has 15 heavy (non-hydrogen) atoms. The molecule has 1 saturated carbocycles. The van der Waals surface area contributed by atoms with Crippen LogP contribution in [0.4, 0.5) is 0 Å². The standard InChI is InChI=1S/C8H15N5O2/c1-15-6-4-8(5-6,7(9)14)11-2-3-12-13-10/h6,11H,2-5H2,1H3,(H2,9,14). The van der Waals surface area contributed by atoms with Crippen molar-refractivity contribution in [2.45, 2.75) is 24.5 Å². The number of hydrogen-bond donors (Lipinski definition) is 2. The van der Waals surface area contributed by atoms with Crippen molar-refractivity contribution in [3.05, 3.63) is 10.4 Å². The van der Waals surface area contributed by atoms with Gasteiger partial charge in [0.25, 0.3) is 0 Å². The van der Waals surface area contributed by atoms with Crippen LogP contribution in [-0.4, -0.2) is 37.7 Å². The normalized spacial score (nSPS) is 29.0. The molecular formula is C8H15N5O2. The number of ether oxygens (including phenoxy) is 1. The Labute approximate surface area is 87.6 Å². The number of methoxy groups -OCH3 is 1. The van der Waals surface area contributed by atoms with Crippen molar-refractivity contribution < 1.29 is 9.53 Å². The lowest BCUT2D eigenvalue weighted by atomic mass is 9.73. The number of carbonyl (C=O) groups is 1. The van der Waals surface area contributed by atoms with Crippen LogP contribution in [0.2, 0.25) is 0 Å². The molecule has 0 aliphatic heterocycles. The van der Waals surface area contributed by atoms with Gasteiger partial charge in [0.05, 0.1) is 6.10 Å². The van der Waals surface area contributed by atoms with Crippen LogP contribution in [0, 0.1) is 0 Å². The number of carbonyl (C=O) groups excluding carboxylic acids is 1. The van der Waals surface area contributed by atoms with E-state index < -0.39 is 5.54 Å². The summed E-state index contributed by atoms with van der Waals surface area (Å²) in [4.78, 5) is 13.8. The van der Waals surface area contributed by atoms with Gasteiger partial charge in [-0.3, -0.25) is 4.79 Å². The number of amides is 1. The van der Waals surface area contributed by atoms with Gasteiger partial charge in [-0.05, 0) is 5.53 Å². The summed E-state index contributed by atoms with van der Waals surface area (Å²) < 4.78 is 5.09. The minimum absolute atomic E-state index is 0.0875. The van der Waals surface area contributed by atoms with Gasteiger partial charge in [-0.1, -0.05) is 5.11 Å². The fourth-order valence-electron chi connectivity index (χ4n) is 1.71. The first-order valence-corrected chi connectivity index (χ1v) is 4.73. The molecule has 0 atom stereocenters. The van der Waals surface area contributed by atoms with Crippen molar-refractivity contribution in [3.63, 3.8) is 0 Å². The molecule has 0 heterocycles. The minimum Gasteiger partial charge on any atom is -0.381 e. The van der Waals surface area contributed by atoms with Crippen LogP contribution >= 0.6 is 0 Å². The minimum atomic E-state index is -0.675. The van der Waals surface area contributed by atoms with E-state index in [1.165, 1.54) is 0 Å². The van der Waals surface area contributed by atoms with Gasteiger partial charge in [-0.15, -0.1) is 0 Å². The molecule has 1 fully saturated rings. The molecule has 7 heteroatoms. The lowest BCUT2D eigenvalue weighted by Gasteiger charge is -2.45. The highest BCUT2D eigenvalue weighted by molar-refractivity contribution is 5.86. The quantitative estimate of drug-likeness (QED) is 0.278. The van der Waals surface area contributed by atoms with Gasteiger partial charge in [0.1, 0.15) is 5.54 Å².